The first-order valence-electron chi connectivity index (χ1n) is 5.02. The predicted octanol–water partition coefficient (Wildman–Crippen LogP) is 2.83. The third-order valence-corrected chi connectivity index (χ3v) is 2.18. The van der Waals surface area contributed by atoms with Gasteiger partial charge in [0, 0.05) is 0 Å². The molecule has 0 aromatic carbocycles. The van der Waals surface area contributed by atoms with E-state index in [0.29, 0.717) is 0 Å². The smallest absolute Gasteiger partial charge is 0.0995 e. The van der Waals surface area contributed by atoms with Crippen LogP contribution in [-0.4, -0.2) is 31.2 Å². The maximum Gasteiger partial charge on any atom is 0.0995 e. The van der Waals surface area contributed by atoms with Crippen LogP contribution in [0.15, 0.2) is 12.2 Å². The summed E-state index contributed by atoms with van der Waals surface area (Å²) in [4.78, 5) is 0. The van der Waals surface area contributed by atoms with E-state index in [2.05, 4.69) is 34.4 Å². The Morgan fingerprint density at radius 2 is 1.58 bits per heavy atom. The number of hydrogen-bond donors (Lipinski definition) is 0. The van der Waals surface area contributed by atoms with Gasteiger partial charge in [0.15, 0.2) is 0 Å². The zero-order chi connectivity index (χ0) is 9.61. The average Bonchev–Trinajstić information content (AvgIpc) is 1.85. The molecule has 0 aliphatic heterocycles. The molecule has 0 fully saturated rings. The molecule has 0 N–H and O–H groups in total. The standard InChI is InChI=1S/C11H24N/c1-6-8-12(5,9-7-2)10-11(3)4/h3,6-10H2,1-2,4-5H3/q+1. The van der Waals surface area contributed by atoms with Crippen molar-refractivity contribution in [2.45, 2.75) is 33.6 Å². The summed E-state index contributed by atoms with van der Waals surface area (Å²) in [6.07, 6.45) is 2.54. The third kappa shape index (κ3) is 4.55. The molecule has 1 nitrogen and oxygen atoms in total. The maximum absolute atomic E-state index is 3.99. The fraction of sp³-hybridized carbons (Fsp3) is 0.818. The Morgan fingerprint density at radius 3 is 1.83 bits per heavy atom. The molecule has 0 heterocycles. The van der Waals surface area contributed by atoms with Crippen LogP contribution in [0.3, 0.4) is 0 Å². The van der Waals surface area contributed by atoms with Gasteiger partial charge in [-0.25, -0.2) is 0 Å². The van der Waals surface area contributed by atoms with Crippen molar-refractivity contribution in [3.05, 3.63) is 12.2 Å². The van der Waals surface area contributed by atoms with Crippen LogP contribution < -0.4 is 0 Å². The maximum atomic E-state index is 3.99. The summed E-state index contributed by atoms with van der Waals surface area (Å²) in [5.41, 5.74) is 1.31. The lowest BCUT2D eigenvalue weighted by Gasteiger charge is -2.34. The van der Waals surface area contributed by atoms with E-state index >= 15 is 0 Å². The number of hydrogen-bond acceptors (Lipinski definition) is 0. The summed E-state index contributed by atoms with van der Waals surface area (Å²) < 4.78 is 1.17. The molecule has 0 spiro atoms. The molecule has 0 aromatic rings. The van der Waals surface area contributed by atoms with Gasteiger partial charge in [-0.2, -0.15) is 0 Å². The van der Waals surface area contributed by atoms with Crippen LogP contribution in [0.2, 0.25) is 0 Å². The topological polar surface area (TPSA) is 0 Å². The van der Waals surface area contributed by atoms with Crippen LogP contribution in [0, 0.1) is 0 Å². The Bertz CT molecular complexity index is 132. The molecule has 0 aliphatic rings. The van der Waals surface area contributed by atoms with E-state index in [-0.39, 0.29) is 0 Å². The summed E-state index contributed by atoms with van der Waals surface area (Å²) in [5, 5.41) is 0. The van der Waals surface area contributed by atoms with E-state index in [1.165, 1.54) is 36.0 Å². The molecule has 72 valence electrons. The highest BCUT2D eigenvalue weighted by atomic mass is 15.3. The van der Waals surface area contributed by atoms with Crippen molar-refractivity contribution < 1.29 is 4.48 Å². The fourth-order valence-electron chi connectivity index (χ4n) is 2.00. The fourth-order valence-corrected chi connectivity index (χ4v) is 2.00. The zero-order valence-corrected chi connectivity index (χ0v) is 9.19. The van der Waals surface area contributed by atoms with Crippen LogP contribution in [0.1, 0.15) is 33.6 Å². The van der Waals surface area contributed by atoms with E-state index in [4.69, 9.17) is 0 Å². The zero-order valence-electron chi connectivity index (χ0n) is 9.19. The Balaban J connectivity index is 4.07. The first-order valence-corrected chi connectivity index (χ1v) is 5.02. The van der Waals surface area contributed by atoms with Gasteiger partial charge in [0.05, 0.1) is 26.7 Å². The van der Waals surface area contributed by atoms with Crippen molar-refractivity contribution in [2.75, 3.05) is 26.7 Å². The molecule has 1 heteroatoms. The van der Waals surface area contributed by atoms with Gasteiger partial charge in [-0.15, -0.1) is 0 Å². The lowest BCUT2D eigenvalue weighted by atomic mass is 10.2. The monoisotopic (exact) mass is 170 g/mol. The molecule has 0 rings (SSSR count). The van der Waals surface area contributed by atoms with Gasteiger partial charge in [-0.1, -0.05) is 20.4 Å². The highest BCUT2D eigenvalue weighted by molar-refractivity contribution is 4.87. The second-order valence-electron chi connectivity index (χ2n) is 4.18. The van der Waals surface area contributed by atoms with Gasteiger partial charge >= 0.3 is 0 Å². The SMILES string of the molecule is C=C(C)C[N+](C)(CCC)CCC. The molecule has 12 heavy (non-hydrogen) atoms. The molecule has 0 aliphatic carbocycles. The van der Waals surface area contributed by atoms with Gasteiger partial charge in [-0.05, 0) is 25.3 Å². The summed E-state index contributed by atoms with van der Waals surface area (Å²) >= 11 is 0. The molecular weight excluding hydrogens is 146 g/mol. The normalized spacial score (nSPS) is 11.7. The highest BCUT2D eigenvalue weighted by Gasteiger charge is 2.18. The van der Waals surface area contributed by atoms with E-state index in [1.807, 2.05) is 0 Å². The molecule has 0 saturated heterocycles. The lowest BCUT2D eigenvalue weighted by molar-refractivity contribution is -0.905. The molecule has 0 radical (unpaired) electrons. The van der Waals surface area contributed by atoms with E-state index < -0.39 is 0 Å². The molecule has 0 atom stereocenters. The van der Waals surface area contributed by atoms with Gasteiger partial charge < -0.3 is 4.48 Å². The van der Waals surface area contributed by atoms with Crippen LogP contribution in [0.5, 0.6) is 0 Å². The molecule has 0 aromatic heterocycles. The van der Waals surface area contributed by atoms with Gasteiger partial charge in [-0.3, -0.25) is 0 Å². The Kier molecular flexibility index (Phi) is 5.23. The second-order valence-corrected chi connectivity index (χ2v) is 4.18. The first kappa shape index (κ1) is 11.7. The van der Waals surface area contributed by atoms with Crippen LogP contribution in [-0.2, 0) is 0 Å². The van der Waals surface area contributed by atoms with Crippen molar-refractivity contribution >= 4 is 0 Å². The molecule has 0 unspecified atom stereocenters. The van der Waals surface area contributed by atoms with Crippen LogP contribution in [0.4, 0.5) is 0 Å². The van der Waals surface area contributed by atoms with Crippen molar-refractivity contribution in [2.24, 2.45) is 0 Å². The van der Waals surface area contributed by atoms with Crippen molar-refractivity contribution in [1.29, 1.82) is 0 Å². The van der Waals surface area contributed by atoms with Crippen molar-refractivity contribution in [3.8, 4) is 0 Å². The summed E-state index contributed by atoms with van der Waals surface area (Å²) in [6, 6.07) is 0. The minimum Gasteiger partial charge on any atom is -0.323 e. The number of likely N-dealkylation sites (N-methyl/N-ethyl adjacent to an activating group) is 1. The van der Waals surface area contributed by atoms with Crippen LogP contribution in [0.25, 0.3) is 0 Å². The van der Waals surface area contributed by atoms with Crippen molar-refractivity contribution in [3.63, 3.8) is 0 Å². The Hall–Kier alpha value is -0.300. The quantitative estimate of drug-likeness (QED) is 0.425. The van der Waals surface area contributed by atoms with Crippen LogP contribution >= 0.6 is 0 Å². The largest absolute Gasteiger partial charge is 0.323 e. The van der Waals surface area contributed by atoms with E-state index in [9.17, 15) is 0 Å². The van der Waals surface area contributed by atoms with Gasteiger partial charge in [0.25, 0.3) is 0 Å². The molecular formula is C11H24N+. The second kappa shape index (κ2) is 5.36. The number of nitrogens with zero attached hydrogens (tertiary/aromatic N) is 1. The lowest BCUT2D eigenvalue weighted by Crippen LogP contribution is -2.46. The van der Waals surface area contributed by atoms with Crippen molar-refractivity contribution in [1.82, 2.24) is 0 Å². The predicted molar refractivity (Wildman–Crippen MR) is 56.2 cm³/mol. The molecule has 0 saturated carbocycles. The third-order valence-electron chi connectivity index (χ3n) is 2.18. The number of rotatable bonds is 6. The Morgan fingerprint density at radius 1 is 1.17 bits per heavy atom. The average molecular weight is 170 g/mol. The summed E-state index contributed by atoms with van der Waals surface area (Å²) in [5.74, 6) is 0. The first-order chi connectivity index (χ1) is 5.54. The molecule has 0 amide bonds. The Labute approximate surface area is 77.7 Å². The van der Waals surface area contributed by atoms with E-state index in [0.717, 1.165) is 6.54 Å². The number of quaternary nitrogens is 1. The minimum absolute atomic E-state index is 1.14. The van der Waals surface area contributed by atoms with Gasteiger partial charge in [0.1, 0.15) is 0 Å². The van der Waals surface area contributed by atoms with E-state index in [1.54, 1.807) is 0 Å². The molecule has 0 bridgehead atoms. The summed E-state index contributed by atoms with van der Waals surface area (Å²) in [6.45, 7) is 14.3. The minimum atomic E-state index is 1.14. The van der Waals surface area contributed by atoms with Gasteiger partial charge in [0.2, 0.25) is 0 Å². The highest BCUT2D eigenvalue weighted by Crippen LogP contribution is 2.08. The summed E-state index contributed by atoms with van der Waals surface area (Å²) in [7, 11) is 2.34.